The lowest BCUT2D eigenvalue weighted by atomic mass is 9.82. The number of hydrogen-bond acceptors (Lipinski definition) is 4. The summed E-state index contributed by atoms with van der Waals surface area (Å²) in [6.07, 6.45) is 4.76. The van der Waals surface area contributed by atoms with E-state index in [2.05, 4.69) is 32.9 Å². The van der Waals surface area contributed by atoms with Crippen molar-refractivity contribution in [3.05, 3.63) is 22.6 Å². The standard InChI is InChI=1S/C15H24BrN3O2/c1-3-6-18(2)13-9-14(20)19(17-10-13)12-15(11-16)4-7-21-8-5-15/h9-10H,3-8,11-12H2,1-2H3. The Kier molecular flexibility index (Phi) is 5.81. The van der Waals surface area contributed by atoms with Crippen LogP contribution in [0, 0.1) is 5.41 Å². The molecule has 0 spiro atoms. The summed E-state index contributed by atoms with van der Waals surface area (Å²) in [6.45, 7) is 5.22. The highest BCUT2D eigenvalue weighted by molar-refractivity contribution is 9.09. The molecule has 1 aromatic rings. The second kappa shape index (κ2) is 7.40. The van der Waals surface area contributed by atoms with Crippen LogP contribution in [0.2, 0.25) is 0 Å². The molecular formula is C15H24BrN3O2. The van der Waals surface area contributed by atoms with Crippen LogP contribution in [0.1, 0.15) is 26.2 Å². The Balaban J connectivity index is 2.15. The lowest BCUT2D eigenvalue weighted by Gasteiger charge is -2.35. The van der Waals surface area contributed by atoms with Gasteiger partial charge in [0.25, 0.3) is 5.56 Å². The van der Waals surface area contributed by atoms with Crippen LogP contribution in [0.5, 0.6) is 0 Å². The summed E-state index contributed by atoms with van der Waals surface area (Å²) in [7, 11) is 1.99. The van der Waals surface area contributed by atoms with Crippen molar-refractivity contribution < 1.29 is 4.74 Å². The lowest BCUT2D eigenvalue weighted by Crippen LogP contribution is -2.39. The van der Waals surface area contributed by atoms with Crippen molar-refractivity contribution in [2.75, 3.05) is 37.0 Å². The number of nitrogens with zero attached hydrogens (tertiary/aromatic N) is 3. The van der Waals surface area contributed by atoms with Crippen molar-refractivity contribution >= 4 is 21.6 Å². The molecule has 0 saturated carbocycles. The Labute approximate surface area is 134 Å². The Morgan fingerprint density at radius 1 is 1.48 bits per heavy atom. The van der Waals surface area contributed by atoms with Crippen LogP contribution in [0.15, 0.2) is 17.1 Å². The zero-order chi connectivity index (χ0) is 15.3. The third kappa shape index (κ3) is 4.07. The molecule has 0 N–H and O–H groups in total. The predicted molar refractivity (Wildman–Crippen MR) is 88.3 cm³/mol. The normalized spacial score (nSPS) is 17.7. The molecule has 0 unspecified atom stereocenters. The highest BCUT2D eigenvalue weighted by Crippen LogP contribution is 2.33. The van der Waals surface area contributed by atoms with E-state index in [1.54, 1.807) is 16.9 Å². The molecule has 0 aromatic carbocycles. The van der Waals surface area contributed by atoms with Gasteiger partial charge in [0.15, 0.2) is 0 Å². The van der Waals surface area contributed by atoms with Crippen molar-refractivity contribution in [2.45, 2.75) is 32.7 Å². The van der Waals surface area contributed by atoms with Gasteiger partial charge in [0.05, 0.1) is 18.4 Å². The van der Waals surface area contributed by atoms with Crippen LogP contribution in [0.25, 0.3) is 0 Å². The maximum absolute atomic E-state index is 12.3. The molecule has 1 fully saturated rings. The molecule has 21 heavy (non-hydrogen) atoms. The second-order valence-corrected chi connectivity index (χ2v) is 6.44. The molecule has 5 nitrogen and oxygen atoms in total. The third-order valence-electron chi connectivity index (χ3n) is 4.18. The third-order valence-corrected chi connectivity index (χ3v) is 5.37. The first-order valence-corrected chi connectivity index (χ1v) is 8.64. The molecule has 1 aliphatic rings. The van der Waals surface area contributed by atoms with E-state index in [-0.39, 0.29) is 11.0 Å². The molecule has 6 heteroatoms. The van der Waals surface area contributed by atoms with Crippen LogP contribution >= 0.6 is 15.9 Å². The quantitative estimate of drug-likeness (QED) is 0.732. The summed E-state index contributed by atoms with van der Waals surface area (Å²) in [4.78, 5) is 14.4. The molecule has 2 rings (SSSR count). The van der Waals surface area contributed by atoms with Gasteiger partial charge in [0.1, 0.15) is 0 Å². The molecule has 1 saturated heterocycles. The van der Waals surface area contributed by atoms with Gasteiger partial charge < -0.3 is 9.64 Å². The molecule has 0 atom stereocenters. The van der Waals surface area contributed by atoms with Crippen LogP contribution in [-0.2, 0) is 11.3 Å². The summed E-state index contributed by atoms with van der Waals surface area (Å²) < 4.78 is 7.03. The molecule has 1 aliphatic heterocycles. The van der Waals surface area contributed by atoms with Crippen molar-refractivity contribution in [2.24, 2.45) is 5.41 Å². The van der Waals surface area contributed by atoms with E-state index < -0.39 is 0 Å². The van der Waals surface area contributed by atoms with E-state index in [1.165, 1.54) is 0 Å². The van der Waals surface area contributed by atoms with Gasteiger partial charge in [-0.25, -0.2) is 4.68 Å². The fraction of sp³-hybridized carbons (Fsp3) is 0.733. The summed E-state index contributed by atoms with van der Waals surface area (Å²) >= 11 is 3.60. The maximum atomic E-state index is 12.3. The van der Waals surface area contributed by atoms with Gasteiger partial charge in [-0.3, -0.25) is 4.79 Å². The highest BCUT2D eigenvalue weighted by atomic mass is 79.9. The molecule has 118 valence electrons. The second-order valence-electron chi connectivity index (χ2n) is 5.88. The van der Waals surface area contributed by atoms with Gasteiger partial charge >= 0.3 is 0 Å². The van der Waals surface area contributed by atoms with Gasteiger partial charge in [0, 0.05) is 43.6 Å². The van der Waals surface area contributed by atoms with E-state index in [0.29, 0.717) is 6.54 Å². The average Bonchev–Trinajstić information content (AvgIpc) is 2.50. The Bertz CT molecular complexity index is 512. The number of rotatable bonds is 6. The molecule has 0 radical (unpaired) electrons. The Hall–Kier alpha value is -0.880. The largest absolute Gasteiger partial charge is 0.381 e. The zero-order valence-corrected chi connectivity index (χ0v) is 14.4. The van der Waals surface area contributed by atoms with E-state index in [1.807, 2.05) is 7.05 Å². The summed E-state index contributed by atoms with van der Waals surface area (Å²) in [5.41, 5.74) is 0.937. The van der Waals surface area contributed by atoms with Gasteiger partial charge in [-0.1, -0.05) is 22.9 Å². The molecular weight excluding hydrogens is 334 g/mol. The van der Waals surface area contributed by atoms with Gasteiger partial charge in [-0.05, 0) is 19.3 Å². The highest BCUT2D eigenvalue weighted by Gasteiger charge is 2.32. The van der Waals surface area contributed by atoms with Gasteiger partial charge in [-0.15, -0.1) is 0 Å². The minimum atomic E-state index is -0.0257. The topological polar surface area (TPSA) is 47.4 Å². The zero-order valence-electron chi connectivity index (χ0n) is 12.8. The summed E-state index contributed by atoms with van der Waals surface area (Å²) in [5.74, 6) is 0. The molecule has 2 heterocycles. The lowest BCUT2D eigenvalue weighted by molar-refractivity contribution is 0.0163. The van der Waals surface area contributed by atoms with Crippen LogP contribution in [0.3, 0.4) is 0 Å². The first-order chi connectivity index (χ1) is 10.1. The van der Waals surface area contributed by atoms with Crippen molar-refractivity contribution in [3.63, 3.8) is 0 Å². The summed E-state index contributed by atoms with van der Waals surface area (Å²) in [6, 6.07) is 1.68. The molecule has 0 bridgehead atoms. The fourth-order valence-corrected chi connectivity index (χ4v) is 3.41. The minimum absolute atomic E-state index is 0.0257. The number of halogens is 1. The number of aromatic nitrogens is 2. The number of ether oxygens (including phenoxy) is 1. The van der Waals surface area contributed by atoms with E-state index in [4.69, 9.17) is 4.74 Å². The van der Waals surface area contributed by atoms with Crippen LogP contribution in [0.4, 0.5) is 5.69 Å². The first-order valence-electron chi connectivity index (χ1n) is 7.52. The Morgan fingerprint density at radius 2 is 2.19 bits per heavy atom. The maximum Gasteiger partial charge on any atom is 0.268 e. The van der Waals surface area contributed by atoms with Crippen molar-refractivity contribution in [3.8, 4) is 0 Å². The molecule has 0 aliphatic carbocycles. The molecule has 1 aromatic heterocycles. The van der Waals surface area contributed by atoms with E-state index >= 15 is 0 Å². The van der Waals surface area contributed by atoms with E-state index in [0.717, 1.165) is 50.0 Å². The monoisotopic (exact) mass is 357 g/mol. The van der Waals surface area contributed by atoms with Gasteiger partial charge in [-0.2, -0.15) is 5.10 Å². The number of hydrogen-bond donors (Lipinski definition) is 0. The van der Waals surface area contributed by atoms with Crippen molar-refractivity contribution in [1.29, 1.82) is 0 Å². The smallest absolute Gasteiger partial charge is 0.268 e. The van der Waals surface area contributed by atoms with Crippen LogP contribution < -0.4 is 10.5 Å². The average molecular weight is 358 g/mol. The minimum Gasteiger partial charge on any atom is -0.381 e. The predicted octanol–water partition coefficient (Wildman–Crippen LogP) is 2.28. The first kappa shape index (κ1) is 16.5. The van der Waals surface area contributed by atoms with Crippen LogP contribution in [-0.4, -0.2) is 41.9 Å². The number of anilines is 1. The van der Waals surface area contributed by atoms with E-state index in [9.17, 15) is 4.79 Å². The SMILES string of the molecule is CCCN(C)c1cnn(CC2(CBr)CCOCC2)c(=O)c1. The number of alkyl halides is 1. The molecule has 0 amide bonds. The van der Waals surface area contributed by atoms with Gasteiger partial charge in [0.2, 0.25) is 0 Å². The summed E-state index contributed by atoms with van der Waals surface area (Å²) in [5, 5.41) is 5.24. The van der Waals surface area contributed by atoms with Crippen molar-refractivity contribution in [1.82, 2.24) is 9.78 Å². The Morgan fingerprint density at radius 3 is 2.76 bits per heavy atom. The fourth-order valence-electron chi connectivity index (χ4n) is 2.67.